The monoisotopic (exact) mass is 377 g/mol. The van der Waals surface area contributed by atoms with E-state index in [9.17, 15) is 5.26 Å². The summed E-state index contributed by atoms with van der Waals surface area (Å²) in [5, 5.41) is 9.55. The van der Waals surface area contributed by atoms with Crippen LogP contribution in [-0.4, -0.2) is 13.2 Å². The van der Waals surface area contributed by atoms with E-state index in [0.717, 1.165) is 55.1 Å². The van der Waals surface area contributed by atoms with Crippen LogP contribution in [0.5, 0.6) is 11.5 Å². The molecule has 2 aromatic carbocycles. The third kappa shape index (κ3) is 7.48. The van der Waals surface area contributed by atoms with E-state index in [2.05, 4.69) is 19.9 Å². The van der Waals surface area contributed by atoms with Gasteiger partial charge in [0.05, 0.1) is 24.9 Å². The van der Waals surface area contributed by atoms with Crippen LogP contribution in [0.4, 0.5) is 0 Å². The molecule has 148 valence electrons. The molecule has 3 heteroatoms. The van der Waals surface area contributed by atoms with E-state index in [0.29, 0.717) is 5.57 Å². The molecule has 3 nitrogen and oxygen atoms in total. The van der Waals surface area contributed by atoms with Crippen molar-refractivity contribution >= 4 is 11.6 Å². The number of allylic oxidation sites excluding steroid dienone is 1. The summed E-state index contributed by atoms with van der Waals surface area (Å²) in [5.41, 5.74) is 2.51. The number of ether oxygens (including phenoxy) is 2. The molecule has 0 radical (unpaired) electrons. The van der Waals surface area contributed by atoms with Crippen LogP contribution >= 0.6 is 0 Å². The molecule has 0 spiro atoms. The molecule has 28 heavy (non-hydrogen) atoms. The molecule has 0 aliphatic heterocycles. The largest absolute Gasteiger partial charge is 0.494 e. The van der Waals surface area contributed by atoms with Gasteiger partial charge in [-0.1, -0.05) is 51.7 Å². The Labute approximate surface area is 169 Å². The van der Waals surface area contributed by atoms with Crippen LogP contribution in [0.15, 0.2) is 48.5 Å². The number of hydrogen-bond donors (Lipinski definition) is 0. The summed E-state index contributed by atoms with van der Waals surface area (Å²) in [7, 11) is 0. The van der Waals surface area contributed by atoms with Crippen molar-refractivity contribution in [3.63, 3.8) is 0 Å². The van der Waals surface area contributed by atoms with Gasteiger partial charge in [0.1, 0.15) is 11.5 Å². The van der Waals surface area contributed by atoms with Gasteiger partial charge in [-0.25, -0.2) is 0 Å². The Hall–Kier alpha value is -2.73. The summed E-state index contributed by atoms with van der Waals surface area (Å²) in [6.45, 7) is 5.83. The maximum absolute atomic E-state index is 9.55. The molecule has 2 rings (SSSR count). The van der Waals surface area contributed by atoms with E-state index in [4.69, 9.17) is 9.47 Å². The Morgan fingerprint density at radius 3 is 1.93 bits per heavy atom. The van der Waals surface area contributed by atoms with Crippen LogP contribution in [0.1, 0.15) is 63.5 Å². The third-order valence-corrected chi connectivity index (χ3v) is 4.51. The maximum Gasteiger partial charge on any atom is 0.119 e. The molecule has 0 unspecified atom stereocenters. The number of rotatable bonds is 12. The lowest BCUT2D eigenvalue weighted by atomic mass is 10.0. The smallest absolute Gasteiger partial charge is 0.119 e. The van der Waals surface area contributed by atoms with Crippen molar-refractivity contribution in [2.24, 2.45) is 0 Å². The fourth-order valence-electron chi connectivity index (χ4n) is 2.79. The van der Waals surface area contributed by atoms with Gasteiger partial charge >= 0.3 is 0 Å². The van der Waals surface area contributed by atoms with Crippen LogP contribution in [0.25, 0.3) is 11.6 Å². The second kappa shape index (κ2) is 12.6. The van der Waals surface area contributed by atoms with Crippen molar-refractivity contribution < 1.29 is 9.47 Å². The normalized spacial score (nSPS) is 11.1. The van der Waals surface area contributed by atoms with Crippen molar-refractivity contribution in [3.8, 4) is 17.6 Å². The molecule has 2 aromatic rings. The molecule has 0 aliphatic carbocycles. The number of nitriles is 1. The summed E-state index contributed by atoms with van der Waals surface area (Å²) >= 11 is 0. The van der Waals surface area contributed by atoms with Gasteiger partial charge < -0.3 is 9.47 Å². The Balaban J connectivity index is 1.95. The standard InChI is InChI=1S/C25H31NO2/c1-3-5-7-8-18-28-24-13-9-21(10-14-24)19-23(20-26)22-11-15-25(16-12-22)27-17-6-4-2/h9-16,19H,3-8,17-18H2,1-2H3. The van der Waals surface area contributed by atoms with Gasteiger partial charge in [-0.15, -0.1) is 0 Å². The van der Waals surface area contributed by atoms with Gasteiger partial charge in [0.25, 0.3) is 0 Å². The van der Waals surface area contributed by atoms with Crippen molar-refractivity contribution in [1.82, 2.24) is 0 Å². The summed E-state index contributed by atoms with van der Waals surface area (Å²) in [5.74, 6) is 1.72. The predicted molar refractivity (Wildman–Crippen MR) is 116 cm³/mol. The second-order valence-corrected chi connectivity index (χ2v) is 6.87. The average Bonchev–Trinajstić information content (AvgIpc) is 2.74. The SMILES string of the molecule is CCCCCCOc1ccc(C=C(C#N)c2ccc(OCCCC)cc2)cc1. The Morgan fingerprint density at radius 2 is 1.36 bits per heavy atom. The molecule has 0 amide bonds. The quantitative estimate of drug-likeness (QED) is 0.230. The van der Waals surface area contributed by atoms with E-state index in [1.54, 1.807) is 0 Å². The molecule has 0 aliphatic rings. The van der Waals surface area contributed by atoms with Crippen LogP contribution in [0, 0.1) is 11.3 Å². The lowest BCUT2D eigenvalue weighted by Gasteiger charge is -2.07. The third-order valence-electron chi connectivity index (χ3n) is 4.51. The minimum Gasteiger partial charge on any atom is -0.494 e. The van der Waals surface area contributed by atoms with Crippen LogP contribution in [0.3, 0.4) is 0 Å². The zero-order valence-corrected chi connectivity index (χ0v) is 17.1. The van der Waals surface area contributed by atoms with Crippen molar-refractivity contribution in [2.75, 3.05) is 13.2 Å². The molecule has 0 aromatic heterocycles. The molecule has 0 fully saturated rings. The van der Waals surface area contributed by atoms with Gasteiger partial charge in [-0.3, -0.25) is 0 Å². The first kappa shape index (κ1) is 21.6. The predicted octanol–water partition coefficient (Wildman–Crippen LogP) is 6.89. The minimum atomic E-state index is 0.633. The van der Waals surface area contributed by atoms with Crippen molar-refractivity contribution in [3.05, 3.63) is 59.7 Å². The van der Waals surface area contributed by atoms with E-state index in [1.165, 1.54) is 19.3 Å². The second-order valence-electron chi connectivity index (χ2n) is 6.87. The lowest BCUT2D eigenvalue weighted by Crippen LogP contribution is -1.97. The highest BCUT2D eigenvalue weighted by Gasteiger charge is 2.03. The van der Waals surface area contributed by atoms with Gasteiger partial charge in [0.15, 0.2) is 0 Å². The first-order valence-electron chi connectivity index (χ1n) is 10.3. The van der Waals surface area contributed by atoms with Gasteiger partial charge in [-0.2, -0.15) is 5.26 Å². The van der Waals surface area contributed by atoms with Gasteiger partial charge in [0, 0.05) is 0 Å². The van der Waals surface area contributed by atoms with Crippen molar-refractivity contribution in [2.45, 2.75) is 52.4 Å². The molecular weight excluding hydrogens is 346 g/mol. The minimum absolute atomic E-state index is 0.633. The fraction of sp³-hybridized carbons (Fsp3) is 0.400. The molecule has 0 saturated heterocycles. The molecular formula is C25H31NO2. The first-order valence-corrected chi connectivity index (χ1v) is 10.3. The number of nitrogens with zero attached hydrogens (tertiary/aromatic N) is 1. The zero-order valence-electron chi connectivity index (χ0n) is 17.1. The van der Waals surface area contributed by atoms with Crippen LogP contribution in [-0.2, 0) is 0 Å². The Bertz CT molecular complexity index is 755. The molecule has 0 bridgehead atoms. The van der Waals surface area contributed by atoms with Crippen LogP contribution in [0.2, 0.25) is 0 Å². The average molecular weight is 378 g/mol. The highest BCUT2D eigenvalue weighted by Crippen LogP contribution is 2.22. The van der Waals surface area contributed by atoms with E-state index >= 15 is 0 Å². The molecule has 0 N–H and O–H groups in total. The van der Waals surface area contributed by atoms with E-state index < -0.39 is 0 Å². The molecule has 0 atom stereocenters. The molecule has 0 heterocycles. The zero-order chi connectivity index (χ0) is 20.0. The van der Waals surface area contributed by atoms with Gasteiger partial charge in [-0.05, 0) is 66.4 Å². The van der Waals surface area contributed by atoms with Crippen molar-refractivity contribution in [1.29, 1.82) is 5.26 Å². The Kier molecular flexibility index (Phi) is 9.72. The van der Waals surface area contributed by atoms with Crippen LogP contribution < -0.4 is 9.47 Å². The topological polar surface area (TPSA) is 42.2 Å². The lowest BCUT2D eigenvalue weighted by molar-refractivity contribution is 0.305. The maximum atomic E-state index is 9.55. The van der Waals surface area contributed by atoms with E-state index in [1.807, 2.05) is 54.6 Å². The van der Waals surface area contributed by atoms with Gasteiger partial charge in [0.2, 0.25) is 0 Å². The summed E-state index contributed by atoms with van der Waals surface area (Å²) < 4.78 is 11.5. The highest BCUT2D eigenvalue weighted by molar-refractivity contribution is 5.89. The molecule has 0 saturated carbocycles. The first-order chi connectivity index (χ1) is 13.8. The van der Waals surface area contributed by atoms with E-state index in [-0.39, 0.29) is 0 Å². The number of hydrogen-bond acceptors (Lipinski definition) is 3. The number of benzene rings is 2. The number of unbranched alkanes of at least 4 members (excludes halogenated alkanes) is 4. The summed E-state index contributed by atoms with van der Waals surface area (Å²) in [6.07, 6.45) is 8.86. The fourth-order valence-corrected chi connectivity index (χ4v) is 2.79. The summed E-state index contributed by atoms with van der Waals surface area (Å²) in [4.78, 5) is 0. The Morgan fingerprint density at radius 1 is 0.786 bits per heavy atom. The highest BCUT2D eigenvalue weighted by atomic mass is 16.5. The summed E-state index contributed by atoms with van der Waals surface area (Å²) in [6, 6.07) is 17.9.